The van der Waals surface area contributed by atoms with Gasteiger partial charge in [-0.2, -0.15) is 0 Å². The molecule has 0 saturated carbocycles. The van der Waals surface area contributed by atoms with E-state index in [1.807, 2.05) is 0 Å². The largest absolute Gasteiger partial charge is 0.378 e. The first-order valence-corrected chi connectivity index (χ1v) is 5.71. The Hall–Kier alpha value is -0.910. The number of nitrogens with zero attached hydrogens (tertiary/aromatic N) is 1. The van der Waals surface area contributed by atoms with Crippen LogP contribution < -0.4 is 5.32 Å². The van der Waals surface area contributed by atoms with Crippen molar-refractivity contribution in [2.24, 2.45) is 0 Å². The van der Waals surface area contributed by atoms with Gasteiger partial charge in [0, 0.05) is 32.9 Å². The van der Waals surface area contributed by atoms with E-state index in [1.54, 1.807) is 7.11 Å². The van der Waals surface area contributed by atoms with Crippen LogP contribution in [0.25, 0.3) is 0 Å². The van der Waals surface area contributed by atoms with E-state index in [0.717, 1.165) is 6.42 Å². The topological polar surface area (TPSA) is 43.4 Å². The molecule has 2 heterocycles. The highest BCUT2D eigenvalue weighted by molar-refractivity contribution is 6.30. The van der Waals surface area contributed by atoms with E-state index >= 15 is 0 Å². The molecule has 2 rings (SSSR count). The second-order valence-electron chi connectivity index (χ2n) is 4.03. The lowest BCUT2D eigenvalue weighted by Gasteiger charge is -2.26. The second kappa shape index (κ2) is 5.16. The fraction of sp³-hybridized carbons (Fsp3) is 0.545. The summed E-state index contributed by atoms with van der Waals surface area (Å²) in [4.78, 5) is 3.89. The maximum Gasteiger partial charge on any atom is 0.166 e. The fourth-order valence-corrected chi connectivity index (χ4v) is 1.90. The van der Waals surface area contributed by atoms with E-state index < -0.39 is 11.4 Å². The lowest BCUT2D eigenvalue weighted by molar-refractivity contribution is -0.00629. The van der Waals surface area contributed by atoms with Crippen molar-refractivity contribution in [2.45, 2.75) is 12.0 Å². The molecule has 1 N–H and O–H groups in total. The maximum absolute atomic E-state index is 13.5. The highest BCUT2D eigenvalue weighted by atomic mass is 35.5. The number of anilines is 1. The lowest BCUT2D eigenvalue weighted by atomic mass is 10.0. The Morgan fingerprint density at radius 2 is 2.53 bits per heavy atom. The van der Waals surface area contributed by atoms with Crippen LogP contribution in [0.15, 0.2) is 12.3 Å². The zero-order chi connectivity index (χ0) is 12.3. The van der Waals surface area contributed by atoms with Gasteiger partial charge in [-0.25, -0.2) is 9.37 Å². The quantitative estimate of drug-likeness (QED) is 0.900. The zero-order valence-electron chi connectivity index (χ0n) is 9.50. The number of nitrogens with one attached hydrogen (secondary N) is 1. The van der Waals surface area contributed by atoms with Gasteiger partial charge >= 0.3 is 0 Å². The van der Waals surface area contributed by atoms with Crippen LogP contribution in [0.3, 0.4) is 0 Å². The molecule has 0 radical (unpaired) electrons. The van der Waals surface area contributed by atoms with Crippen molar-refractivity contribution in [3.8, 4) is 0 Å². The third kappa shape index (κ3) is 2.86. The normalized spacial score (nSPS) is 23.9. The maximum atomic E-state index is 13.5. The molecule has 1 aliphatic heterocycles. The second-order valence-corrected chi connectivity index (χ2v) is 4.46. The van der Waals surface area contributed by atoms with Crippen LogP contribution in [0, 0.1) is 5.82 Å². The van der Waals surface area contributed by atoms with Gasteiger partial charge in [-0.3, -0.25) is 0 Å². The van der Waals surface area contributed by atoms with E-state index in [-0.39, 0.29) is 10.8 Å². The third-order valence-corrected chi connectivity index (χ3v) is 3.09. The monoisotopic (exact) mass is 260 g/mol. The van der Waals surface area contributed by atoms with Gasteiger partial charge in [0.15, 0.2) is 11.6 Å². The van der Waals surface area contributed by atoms with Crippen LogP contribution in [0.1, 0.15) is 6.42 Å². The highest BCUT2D eigenvalue weighted by Gasteiger charge is 2.34. The summed E-state index contributed by atoms with van der Waals surface area (Å²) in [5, 5.41) is 3.20. The molecule has 1 aliphatic rings. The Kier molecular flexibility index (Phi) is 3.81. The number of pyridine rings is 1. The first-order valence-electron chi connectivity index (χ1n) is 5.33. The van der Waals surface area contributed by atoms with Gasteiger partial charge in [-0.15, -0.1) is 0 Å². The summed E-state index contributed by atoms with van der Waals surface area (Å²) in [5.41, 5.74) is -0.395. The molecule has 1 fully saturated rings. The summed E-state index contributed by atoms with van der Waals surface area (Å²) in [6.45, 7) is 1.62. The Morgan fingerprint density at radius 1 is 1.71 bits per heavy atom. The molecule has 0 aromatic carbocycles. The average molecular weight is 261 g/mol. The molecular weight excluding hydrogens is 247 g/mol. The van der Waals surface area contributed by atoms with Crippen LogP contribution in [-0.2, 0) is 9.47 Å². The minimum atomic E-state index is -0.470. The number of hydrogen-bond donors (Lipinski definition) is 1. The molecule has 0 bridgehead atoms. The Bertz CT molecular complexity index is 397. The molecule has 1 atom stereocenters. The Morgan fingerprint density at radius 3 is 3.12 bits per heavy atom. The average Bonchev–Trinajstić information content (AvgIpc) is 2.77. The highest BCUT2D eigenvalue weighted by Crippen LogP contribution is 2.24. The van der Waals surface area contributed by atoms with E-state index in [1.165, 1.54) is 12.3 Å². The molecule has 0 spiro atoms. The third-order valence-electron chi connectivity index (χ3n) is 2.89. The van der Waals surface area contributed by atoms with Crippen LogP contribution >= 0.6 is 11.6 Å². The van der Waals surface area contributed by atoms with Crippen molar-refractivity contribution in [1.82, 2.24) is 4.98 Å². The first kappa shape index (κ1) is 12.5. The summed E-state index contributed by atoms with van der Waals surface area (Å²) >= 11 is 5.62. The number of rotatable bonds is 4. The molecule has 17 heavy (non-hydrogen) atoms. The summed E-state index contributed by atoms with van der Waals surface area (Å²) in [6.07, 6.45) is 2.18. The van der Waals surface area contributed by atoms with Crippen molar-refractivity contribution in [2.75, 3.05) is 32.2 Å². The van der Waals surface area contributed by atoms with Gasteiger partial charge in [0.1, 0.15) is 5.60 Å². The molecule has 1 unspecified atom stereocenters. The number of hydrogen-bond acceptors (Lipinski definition) is 4. The SMILES string of the molecule is COC1(CNc2ncc(Cl)cc2F)CCOC1. The minimum absolute atomic E-state index is 0.178. The van der Waals surface area contributed by atoms with Gasteiger partial charge in [-0.05, 0) is 6.07 Å². The Balaban J connectivity index is 2.01. The predicted molar refractivity (Wildman–Crippen MR) is 62.9 cm³/mol. The van der Waals surface area contributed by atoms with Gasteiger partial charge < -0.3 is 14.8 Å². The fourth-order valence-electron chi connectivity index (χ4n) is 1.75. The van der Waals surface area contributed by atoms with Crippen LogP contribution in [0.4, 0.5) is 10.2 Å². The van der Waals surface area contributed by atoms with Crippen molar-refractivity contribution < 1.29 is 13.9 Å². The Labute approximate surface area is 104 Å². The smallest absolute Gasteiger partial charge is 0.166 e. The van der Waals surface area contributed by atoms with Gasteiger partial charge in [-0.1, -0.05) is 11.6 Å². The lowest BCUT2D eigenvalue weighted by Crippen LogP contribution is -2.39. The van der Waals surface area contributed by atoms with Gasteiger partial charge in [0.2, 0.25) is 0 Å². The van der Waals surface area contributed by atoms with E-state index in [0.29, 0.717) is 19.8 Å². The predicted octanol–water partition coefficient (Wildman–Crippen LogP) is 2.09. The van der Waals surface area contributed by atoms with Crippen LogP contribution in [0.2, 0.25) is 5.02 Å². The molecule has 4 nitrogen and oxygen atoms in total. The molecule has 6 heteroatoms. The molecular formula is C11H14ClFN2O2. The molecule has 0 aliphatic carbocycles. The van der Waals surface area contributed by atoms with Crippen LogP contribution in [-0.4, -0.2) is 37.5 Å². The van der Waals surface area contributed by atoms with Crippen LogP contribution in [0.5, 0.6) is 0 Å². The molecule has 1 aromatic rings. The van der Waals surface area contributed by atoms with Gasteiger partial charge in [0.25, 0.3) is 0 Å². The van der Waals surface area contributed by atoms with Crippen molar-refractivity contribution >= 4 is 17.4 Å². The van der Waals surface area contributed by atoms with E-state index in [9.17, 15) is 4.39 Å². The van der Waals surface area contributed by atoms with Crippen molar-refractivity contribution in [3.05, 3.63) is 23.1 Å². The minimum Gasteiger partial charge on any atom is -0.378 e. The molecule has 1 saturated heterocycles. The van der Waals surface area contributed by atoms with Crippen molar-refractivity contribution in [3.63, 3.8) is 0 Å². The standard InChI is InChI=1S/C11H14ClFN2O2/c1-16-11(2-3-17-7-11)6-15-10-9(13)4-8(12)5-14-10/h4-5H,2-3,6-7H2,1H3,(H,14,15). The number of ether oxygens (including phenoxy) is 2. The first-order chi connectivity index (χ1) is 8.15. The zero-order valence-corrected chi connectivity index (χ0v) is 10.3. The van der Waals surface area contributed by atoms with E-state index in [4.69, 9.17) is 21.1 Å². The molecule has 0 amide bonds. The number of methoxy groups -OCH3 is 1. The molecule has 94 valence electrons. The number of halogens is 2. The molecule has 1 aromatic heterocycles. The van der Waals surface area contributed by atoms with E-state index in [2.05, 4.69) is 10.3 Å². The number of aromatic nitrogens is 1. The summed E-state index contributed by atoms with van der Waals surface area (Å²) in [5.74, 6) is -0.291. The summed E-state index contributed by atoms with van der Waals surface area (Å²) in [7, 11) is 1.63. The van der Waals surface area contributed by atoms with Crippen molar-refractivity contribution in [1.29, 1.82) is 0 Å². The van der Waals surface area contributed by atoms with Gasteiger partial charge in [0.05, 0.1) is 11.6 Å². The summed E-state index contributed by atoms with van der Waals surface area (Å²) < 4.78 is 24.2. The summed E-state index contributed by atoms with van der Waals surface area (Å²) in [6, 6.07) is 1.22.